The first-order valence-electron chi connectivity index (χ1n) is 5.36. The number of aliphatic carboxylic acids is 1. The van der Waals surface area contributed by atoms with Crippen molar-refractivity contribution in [1.29, 1.82) is 0 Å². The first kappa shape index (κ1) is 12.5. The van der Waals surface area contributed by atoms with E-state index in [1.54, 1.807) is 18.5 Å². The van der Waals surface area contributed by atoms with Crippen LogP contribution in [0.15, 0.2) is 6.20 Å². The summed E-state index contributed by atoms with van der Waals surface area (Å²) in [5, 5.41) is 16.4. The van der Waals surface area contributed by atoms with Crippen molar-refractivity contribution < 1.29 is 9.90 Å². The van der Waals surface area contributed by atoms with Crippen LogP contribution >= 0.6 is 0 Å². The van der Waals surface area contributed by atoms with E-state index in [0.29, 0.717) is 6.54 Å². The second kappa shape index (κ2) is 4.55. The van der Waals surface area contributed by atoms with E-state index < -0.39 is 11.4 Å². The molecule has 1 aromatic heterocycles. The Labute approximate surface area is 95.5 Å². The fraction of sp³-hybridized carbons (Fsp3) is 0.636. The van der Waals surface area contributed by atoms with Crippen LogP contribution in [0.2, 0.25) is 0 Å². The highest BCUT2D eigenvalue weighted by molar-refractivity contribution is 5.74. The number of nitrogens with zero attached hydrogens (tertiary/aromatic N) is 2. The Morgan fingerprint density at radius 3 is 2.75 bits per heavy atom. The molecule has 1 rings (SSSR count). The molecule has 0 unspecified atom stereocenters. The Morgan fingerprint density at radius 1 is 1.62 bits per heavy atom. The molecule has 1 aromatic rings. The zero-order chi connectivity index (χ0) is 12.3. The van der Waals surface area contributed by atoms with Crippen molar-refractivity contribution in [3.8, 4) is 0 Å². The minimum absolute atomic E-state index is 0.390. The highest BCUT2D eigenvalue weighted by atomic mass is 16.4. The van der Waals surface area contributed by atoms with Crippen LogP contribution in [0.25, 0.3) is 0 Å². The molecule has 5 heteroatoms. The molecule has 0 atom stereocenters. The number of carboxylic acid groups (broad SMARTS) is 1. The van der Waals surface area contributed by atoms with E-state index >= 15 is 0 Å². The van der Waals surface area contributed by atoms with Crippen LogP contribution in [0.4, 0.5) is 5.69 Å². The summed E-state index contributed by atoms with van der Waals surface area (Å²) >= 11 is 0. The third-order valence-corrected chi connectivity index (χ3v) is 2.54. The largest absolute Gasteiger partial charge is 0.481 e. The van der Waals surface area contributed by atoms with Crippen LogP contribution < -0.4 is 5.32 Å². The van der Waals surface area contributed by atoms with Gasteiger partial charge in [0.2, 0.25) is 0 Å². The lowest BCUT2D eigenvalue weighted by molar-refractivity contribution is -0.146. The van der Waals surface area contributed by atoms with E-state index in [4.69, 9.17) is 5.11 Å². The summed E-state index contributed by atoms with van der Waals surface area (Å²) in [4.78, 5) is 10.9. The number of carboxylic acids is 1. The standard InChI is InChI=1S/C11H19N3O2/c1-5-8-9(6-14(4)13-8)12-7-11(2,3)10(15)16/h6,12H,5,7H2,1-4H3,(H,15,16). The first-order chi connectivity index (χ1) is 7.36. The van der Waals surface area contributed by atoms with E-state index in [9.17, 15) is 4.79 Å². The summed E-state index contributed by atoms with van der Waals surface area (Å²) in [5.74, 6) is -0.804. The second-order valence-corrected chi connectivity index (χ2v) is 4.56. The lowest BCUT2D eigenvalue weighted by Crippen LogP contribution is -2.31. The van der Waals surface area contributed by atoms with Crippen LogP contribution in [0.3, 0.4) is 0 Å². The van der Waals surface area contributed by atoms with Crippen LogP contribution in [-0.2, 0) is 18.3 Å². The van der Waals surface area contributed by atoms with Crippen molar-refractivity contribution in [2.24, 2.45) is 12.5 Å². The zero-order valence-electron chi connectivity index (χ0n) is 10.2. The van der Waals surface area contributed by atoms with Gasteiger partial charge in [-0.2, -0.15) is 5.10 Å². The Morgan fingerprint density at radius 2 is 2.25 bits per heavy atom. The van der Waals surface area contributed by atoms with Gasteiger partial charge >= 0.3 is 5.97 Å². The minimum Gasteiger partial charge on any atom is -0.481 e. The molecule has 0 amide bonds. The summed E-state index contributed by atoms with van der Waals surface area (Å²) in [6.45, 7) is 5.81. The predicted octanol–water partition coefficient (Wildman–Crippen LogP) is 1.51. The molecule has 0 saturated carbocycles. The fourth-order valence-corrected chi connectivity index (χ4v) is 1.34. The minimum atomic E-state index is -0.804. The number of hydrogen-bond acceptors (Lipinski definition) is 3. The smallest absolute Gasteiger partial charge is 0.310 e. The van der Waals surface area contributed by atoms with Gasteiger partial charge in [0.15, 0.2) is 0 Å². The molecule has 90 valence electrons. The van der Waals surface area contributed by atoms with Crippen LogP contribution in [0, 0.1) is 5.41 Å². The van der Waals surface area contributed by atoms with Crippen molar-refractivity contribution in [3.05, 3.63) is 11.9 Å². The van der Waals surface area contributed by atoms with Gasteiger partial charge in [-0.1, -0.05) is 6.92 Å². The predicted molar refractivity (Wildman–Crippen MR) is 62.5 cm³/mol. The molecule has 0 radical (unpaired) electrons. The lowest BCUT2D eigenvalue weighted by atomic mass is 9.94. The van der Waals surface area contributed by atoms with Crippen LogP contribution in [-0.4, -0.2) is 27.4 Å². The van der Waals surface area contributed by atoms with Gasteiger partial charge < -0.3 is 10.4 Å². The SMILES string of the molecule is CCc1nn(C)cc1NCC(C)(C)C(=O)O. The highest BCUT2D eigenvalue weighted by Gasteiger charge is 2.27. The van der Waals surface area contributed by atoms with Crippen molar-refractivity contribution in [1.82, 2.24) is 9.78 Å². The second-order valence-electron chi connectivity index (χ2n) is 4.56. The van der Waals surface area contributed by atoms with Crippen LogP contribution in [0.1, 0.15) is 26.5 Å². The number of aromatic nitrogens is 2. The van der Waals surface area contributed by atoms with Gasteiger partial charge in [-0.05, 0) is 20.3 Å². The van der Waals surface area contributed by atoms with E-state index in [1.807, 2.05) is 20.2 Å². The molecule has 0 aromatic carbocycles. The molecule has 2 N–H and O–H groups in total. The Hall–Kier alpha value is -1.52. The molecule has 0 aliphatic carbocycles. The first-order valence-corrected chi connectivity index (χ1v) is 5.36. The number of rotatable bonds is 5. The maximum atomic E-state index is 10.9. The number of anilines is 1. The Kier molecular flexibility index (Phi) is 3.57. The molecule has 1 heterocycles. The summed E-state index contributed by atoms with van der Waals surface area (Å²) in [7, 11) is 1.85. The zero-order valence-corrected chi connectivity index (χ0v) is 10.2. The van der Waals surface area contributed by atoms with Crippen molar-refractivity contribution in [2.75, 3.05) is 11.9 Å². The molecule has 0 bridgehead atoms. The topological polar surface area (TPSA) is 67.2 Å². The Balaban J connectivity index is 2.71. The Bertz CT molecular complexity index is 383. The summed E-state index contributed by atoms with van der Waals surface area (Å²) < 4.78 is 1.73. The number of carbonyl (C=O) groups is 1. The molecule has 0 aliphatic rings. The summed E-state index contributed by atoms with van der Waals surface area (Å²) in [5.41, 5.74) is 1.10. The number of hydrogen-bond donors (Lipinski definition) is 2. The van der Waals surface area contributed by atoms with Crippen molar-refractivity contribution in [2.45, 2.75) is 27.2 Å². The monoisotopic (exact) mass is 225 g/mol. The van der Waals surface area contributed by atoms with E-state index in [-0.39, 0.29) is 0 Å². The molecular weight excluding hydrogens is 206 g/mol. The molecule has 0 fully saturated rings. The van der Waals surface area contributed by atoms with E-state index in [1.165, 1.54) is 0 Å². The molecule has 5 nitrogen and oxygen atoms in total. The molecule has 0 spiro atoms. The van der Waals surface area contributed by atoms with E-state index in [2.05, 4.69) is 10.4 Å². The van der Waals surface area contributed by atoms with Gasteiger partial charge in [-0.3, -0.25) is 9.48 Å². The third-order valence-electron chi connectivity index (χ3n) is 2.54. The maximum Gasteiger partial charge on any atom is 0.310 e. The number of nitrogens with one attached hydrogen (secondary N) is 1. The maximum absolute atomic E-state index is 10.9. The van der Waals surface area contributed by atoms with Gasteiger partial charge in [0.25, 0.3) is 0 Å². The number of aryl methyl sites for hydroxylation is 2. The average Bonchev–Trinajstić information content (AvgIpc) is 2.56. The van der Waals surface area contributed by atoms with Gasteiger partial charge in [0, 0.05) is 19.8 Å². The van der Waals surface area contributed by atoms with Gasteiger partial charge in [0.1, 0.15) is 0 Å². The normalized spacial score (nSPS) is 11.5. The molecular formula is C11H19N3O2. The average molecular weight is 225 g/mol. The quantitative estimate of drug-likeness (QED) is 0.797. The lowest BCUT2D eigenvalue weighted by Gasteiger charge is -2.19. The molecule has 0 saturated heterocycles. The van der Waals surface area contributed by atoms with E-state index in [0.717, 1.165) is 17.8 Å². The van der Waals surface area contributed by atoms with Crippen molar-refractivity contribution >= 4 is 11.7 Å². The summed E-state index contributed by atoms with van der Waals surface area (Å²) in [6.07, 6.45) is 2.70. The highest BCUT2D eigenvalue weighted by Crippen LogP contribution is 2.19. The van der Waals surface area contributed by atoms with Crippen molar-refractivity contribution in [3.63, 3.8) is 0 Å². The molecule has 16 heavy (non-hydrogen) atoms. The fourth-order valence-electron chi connectivity index (χ4n) is 1.34. The third kappa shape index (κ3) is 2.74. The summed E-state index contributed by atoms with van der Waals surface area (Å²) in [6, 6.07) is 0. The van der Waals surface area contributed by atoms with Gasteiger partial charge in [-0.25, -0.2) is 0 Å². The van der Waals surface area contributed by atoms with Gasteiger partial charge in [-0.15, -0.1) is 0 Å². The van der Waals surface area contributed by atoms with Gasteiger partial charge in [0.05, 0.1) is 16.8 Å². The van der Waals surface area contributed by atoms with Crippen LogP contribution in [0.5, 0.6) is 0 Å². The molecule has 0 aliphatic heterocycles.